The number of H-pyrrole nitrogens is 1. The van der Waals surface area contributed by atoms with Gasteiger partial charge in [-0.2, -0.15) is 14.9 Å². The predicted molar refractivity (Wildman–Crippen MR) is 105 cm³/mol. The van der Waals surface area contributed by atoms with Gasteiger partial charge in [0, 0.05) is 6.61 Å². The van der Waals surface area contributed by atoms with Gasteiger partial charge in [-0.1, -0.05) is 0 Å². The molecule has 1 aliphatic heterocycles. The number of aromatic amines is 1. The van der Waals surface area contributed by atoms with Crippen LogP contribution in [0.3, 0.4) is 0 Å². The van der Waals surface area contributed by atoms with Gasteiger partial charge in [-0.3, -0.25) is 5.10 Å². The summed E-state index contributed by atoms with van der Waals surface area (Å²) in [7, 11) is 0. The Morgan fingerprint density at radius 3 is 2.92 bits per heavy atom. The van der Waals surface area contributed by atoms with E-state index in [1.807, 2.05) is 26.0 Å². The second-order valence-corrected chi connectivity index (χ2v) is 6.88. The van der Waals surface area contributed by atoms with E-state index in [9.17, 15) is 0 Å². The lowest BCUT2D eigenvalue weighted by Crippen LogP contribution is -2.05. The lowest BCUT2D eigenvalue weighted by Gasteiger charge is -2.13. The highest BCUT2D eigenvalue weighted by Crippen LogP contribution is 2.36. The first kappa shape index (κ1) is 19.1. The molecule has 0 amide bonds. The number of ether oxygens (including phenoxy) is 3. The van der Waals surface area contributed by atoms with Crippen molar-refractivity contribution in [1.29, 1.82) is 0 Å². The van der Waals surface area contributed by atoms with E-state index < -0.39 is 0 Å². The second kappa shape index (κ2) is 8.79. The molecule has 1 aliphatic rings. The largest absolute Gasteiger partial charge is 0.490 e. The molecule has 26 heavy (non-hydrogen) atoms. The van der Waals surface area contributed by atoms with Crippen LogP contribution in [-0.4, -0.2) is 40.9 Å². The van der Waals surface area contributed by atoms with Gasteiger partial charge in [-0.15, -0.1) is 0 Å². The molecule has 0 radical (unpaired) electrons. The summed E-state index contributed by atoms with van der Waals surface area (Å²) in [6.07, 6.45) is 3.56. The number of nitrogens with zero attached hydrogens (tertiary/aromatic N) is 3. The van der Waals surface area contributed by atoms with E-state index in [-0.39, 0.29) is 6.10 Å². The fraction of sp³-hybridized carbons (Fsp3) is 0.471. The fourth-order valence-corrected chi connectivity index (χ4v) is 3.50. The summed E-state index contributed by atoms with van der Waals surface area (Å²) in [5.74, 6) is 2.05. The molecule has 0 bridgehead atoms. The summed E-state index contributed by atoms with van der Waals surface area (Å²) in [6.45, 7) is 5.70. The Hall–Kier alpha value is -1.71. The second-order valence-electron chi connectivity index (χ2n) is 5.64. The number of nitrogens with one attached hydrogen (secondary N) is 1. The number of hydrogen-bond donors (Lipinski definition) is 1. The van der Waals surface area contributed by atoms with E-state index in [2.05, 4.69) is 31.2 Å². The summed E-state index contributed by atoms with van der Waals surface area (Å²) in [5.41, 5.74) is 0.852. The molecule has 9 heteroatoms. The first-order valence-electron chi connectivity index (χ1n) is 8.56. The van der Waals surface area contributed by atoms with E-state index in [0.717, 1.165) is 29.5 Å². The van der Waals surface area contributed by atoms with Gasteiger partial charge in [-0.25, -0.2) is 0 Å². The summed E-state index contributed by atoms with van der Waals surface area (Å²) in [4.78, 5) is 0. The van der Waals surface area contributed by atoms with Crippen molar-refractivity contribution in [3.63, 3.8) is 0 Å². The quantitative estimate of drug-likeness (QED) is 0.514. The highest BCUT2D eigenvalue weighted by molar-refractivity contribution is 9.10. The zero-order valence-corrected chi connectivity index (χ0v) is 17.1. The Labute approximate surface area is 165 Å². The monoisotopic (exact) mass is 440 g/mol. The van der Waals surface area contributed by atoms with E-state index in [4.69, 9.17) is 26.4 Å². The Balaban J connectivity index is 1.91. The van der Waals surface area contributed by atoms with E-state index in [0.29, 0.717) is 35.3 Å². The normalized spacial score (nSPS) is 17.1. The van der Waals surface area contributed by atoms with Crippen molar-refractivity contribution in [3.8, 4) is 11.5 Å². The standard InChI is InChI=1S/C17H21BrN4O3S/c1-3-23-14-9-11(8-12(18)15(14)24-4-2)10-19-22-16(20-21-17(22)26)13-6-5-7-25-13/h8-10,13H,3-7H2,1-2H3,(H,21,26)/b19-10-. The van der Waals surface area contributed by atoms with Crippen molar-refractivity contribution in [2.24, 2.45) is 5.10 Å². The van der Waals surface area contributed by atoms with Gasteiger partial charge in [0.1, 0.15) is 6.10 Å². The van der Waals surface area contributed by atoms with E-state index >= 15 is 0 Å². The molecule has 0 spiro atoms. The molecule has 1 N–H and O–H groups in total. The highest BCUT2D eigenvalue weighted by atomic mass is 79.9. The van der Waals surface area contributed by atoms with Crippen molar-refractivity contribution >= 4 is 34.4 Å². The molecule has 2 heterocycles. The lowest BCUT2D eigenvalue weighted by molar-refractivity contribution is 0.102. The first-order valence-corrected chi connectivity index (χ1v) is 9.76. The van der Waals surface area contributed by atoms with Gasteiger partial charge in [0.05, 0.1) is 23.9 Å². The maximum atomic E-state index is 5.69. The molecule has 1 aromatic heterocycles. The molecule has 3 rings (SSSR count). The van der Waals surface area contributed by atoms with Crippen LogP contribution in [0.1, 0.15) is 44.2 Å². The van der Waals surface area contributed by atoms with Crippen LogP contribution in [0.15, 0.2) is 21.7 Å². The molecular weight excluding hydrogens is 420 g/mol. The Kier molecular flexibility index (Phi) is 6.44. The molecule has 1 aromatic carbocycles. The Bertz CT molecular complexity index is 843. The maximum absolute atomic E-state index is 5.69. The van der Waals surface area contributed by atoms with Crippen molar-refractivity contribution < 1.29 is 14.2 Å². The Morgan fingerprint density at radius 1 is 1.42 bits per heavy atom. The fourth-order valence-electron chi connectivity index (χ4n) is 2.74. The summed E-state index contributed by atoms with van der Waals surface area (Å²) in [6, 6.07) is 3.81. The third-order valence-electron chi connectivity index (χ3n) is 3.84. The summed E-state index contributed by atoms with van der Waals surface area (Å²) >= 11 is 8.83. The molecule has 1 atom stereocenters. The predicted octanol–water partition coefficient (Wildman–Crippen LogP) is 4.23. The van der Waals surface area contributed by atoms with Crippen molar-refractivity contribution in [2.75, 3.05) is 19.8 Å². The van der Waals surface area contributed by atoms with Crippen LogP contribution < -0.4 is 9.47 Å². The van der Waals surface area contributed by atoms with Crippen LogP contribution in [0.4, 0.5) is 0 Å². The van der Waals surface area contributed by atoms with Gasteiger partial charge < -0.3 is 14.2 Å². The molecule has 1 saturated heterocycles. The SMILES string of the molecule is CCOc1cc(/C=N\n2c(C3CCCO3)n[nH]c2=S)cc(Br)c1OCC. The van der Waals surface area contributed by atoms with Crippen LogP contribution in [0, 0.1) is 4.77 Å². The minimum atomic E-state index is -0.0776. The summed E-state index contributed by atoms with van der Waals surface area (Å²) in [5, 5.41) is 11.5. The first-order chi connectivity index (χ1) is 12.6. The average molecular weight is 441 g/mol. The molecular formula is C17H21BrN4O3S. The molecule has 2 aromatic rings. The Morgan fingerprint density at radius 2 is 2.23 bits per heavy atom. The zero-order chi connectivity index (χ0) is 18.5. The highest BCUT2D eigenvalue weighted by Gasteiger charge is 2.23. The minimum absolute atomic E-state index is 0.0776. The van der Waals surface area contributed by atoms with Crippen molar-refractivity contribution in [3.05, 3.63) is 32.8 Å². The molecule has 0 saturated carbocycles. The van der Waals surface area contributed by atoms with Crippen LogP contribution in [0.5, 0.6) is 11.5 Å². The summed E-state index contributed by atoms with van der Waals surface area (Å²) < 4.78 is 19.9. The number of hydrogen-bond acceptors (Lipinski definition) is 6. The van der Waals surface area contributed by atoms with Crippen molar-refractivity contribution in [2.45, 2.75) is 32.8 Å². The smallest absolute Gasteiger partial charge is 0.216 e. The average Bonchev–Trinajstić information content (AvgIpc) is 3.26. The molecule has 1 fully saturated rings. The number of rotatable bonds is 7. The van der Waals surface area contributed by atoms with Crippen molar-refractivity contribution in [1.82, 2.24) is 14.9 Å². The number of halogens is 1. The van der Waals surface area contributed by atoms with Crippen LogP contribution in [0.25, 0.3) is 0 Å². The number of aromatic nitrogens is 3. The van der Waals surface area contributed by atoms with Gasteiger partial charge in [0.15, 0.2) is 17.3 Å². The van der Waals surface area contributed by atoms with Gasteiger partial charge in [0.2, 0.25) is 4.77 Å². The van der Waals surface area contributed by atoms with Crippen LogP contribution >= 0.6 is 28.1 Å². The van der Waals surface area contributed by atoms with Gasteiger partial charge in [-0.05, 0) is 72.5 Å². The van der Waals surface area contributed by atoms with Gasteiger partial charge >= 0.3 is 0 Å². The van der Waals surface area contributed by atoms with E-state index in [1.54, 1.807) is 10.9 Å². The van der Waals surface area contributed by atoms with E-state index in [1.165, 1.54) is 0 Å². The minimum Gasteiger partial charge on any atom is -0.490 e. The molecule has 0 aliphatic carbocycles. The molecule has 7 nitrogen and oxygen atoms in total. The third kappa shape index (κ3) is 4.16. The maximum Gasteiger partial charge on any atom is 0.216 e. The zero-order valence-electron chi connectivity index (χ0n) is 14.7. The van der Waals surface area contributed by atoms with Crippen LogP contribution in [0.2, 0.25) is 0 Å². The topological polar surface area (TPSA) is 73.7 Å². The third-order valence-corrected chi connectivity index (χ3v) is 4.69. The van der Waals surface area contributed by atoms with Gasteiger partial charge in [0.25, 0.3) is 0 Å². The molecule has 140 valence electrons. The number of benzene rings is 1. The van der Waals surface area contributed by atoms with Crippen LogP contribution in [-0.2, 0) is 4.74 Å². The molecule has 1 unspecified atom stereocenters. The lowest BCUT2D eigenvalue weighted by atomic mass is 10.2.